The monoisotopic (exact) mass is 487 g/mol. The minimum atomic E-state index is -4.66. The first kappa shape index (κ1) is 24.9. The summed E-state index contributed by atoms with van der Waals surface area (Å²) >= 11 is 0. The summed E-state index contributed by atoms with van der Waals surface area (Å²) < 4.78 is 67.0. The number of Topliss-reactive ketones (excluding diaryl/α,β-unsaturated/α-hetero) is 1. The van der Waals surface area contributed by atoms with E-state index in [-0.39, 0.29) is 36.4 Å². The fourth-order valence-corrected chi connectivity index (χ4v) is 4.02. The van der Waals surface area contributed by atoms with Gasteiger partial charge in [-0.2, -0.15) is 13.2 Å². The molecular weight excluding hydrogens is 462 g/mol. The third kappa shape index (κ3) is 6.68. The van der Waals surface area contributed by atoms with Gasteiger partial charge >= 0.3 is 6.18 Å². The minimum Gasteiger partial charge on any atom is -0.488 e. The minimum absolute atomic E-state index is 0.0322. The van der Waals surface area contributed by atoms with Gasteiger partial charge in [-0.3, -0.25) is 9.69 Å². The Morgan fingerprint density at radius 2 is 1.66 bits per heavy atom. The average molecular weight is 487 g/mol. The van der Waals surface area contributed by atoms with Crippen molar-refractivity contribution < 1.29 is 31.8 Å². The molecule has 0 bridgehead atoms. The lowest BCUT2D eigenvalue weighted by Crippen LogP contribution is -2.36. The van der Waals surface area contributed by atoms with Gasteiger partial charge in [0.15, 0.2) is 5.78 Å². The van der Waals surface area contributed by atoms with Crippen LogP contribution in [0.2, 0.25) is 0 Å². The van der Waals surface area contributed by atoms with E-state index in [1.165, 1.54) is 24.3 Å². The van der Waals surface area contributed by atoms with Crippen LogP contribution in [0.5, 0.6) is 5.75 Å². The van der Waals surface area contributed by atoms with Crippen LogP contribution in [0.1, 0.15) is 32.6 Å². The molecule has 0 aliphatic carbocycles. The molecule has 0 unspecified atom stereocenters. The number of nitrogens with zero attached hydrogens (tertiary/aromatic N) is 1. The molecule has 8 heteroatoms. The second kappa shape index (κ2) is 11.0. The number of rotatable bonds is 8. The Morgan fingerprint density at radius 1 is 0.943 bits per heavy atom. The predicted octanol–water partition coefficient (Wildman–Crippen LogP) is 5.68. The van der Waals surface area contributed by atoms with Gasteiger partial charge in [0.1, 0.15) is 18.2 Å². The first-order valence-corrected chi connectivity index (χ1v) is 11.3. The summed E-state index contributed by atoms with van der Waals surface area (Å²) in [5.74, 6) is -1.03. The van der Waals surface area contributed by atoms with Crippen LogP contribution in [-0.2, 0) is 30.5 Å². The maximum absolute atomic E-state index is 14.1. The van der Waals surface area contributed by atoms with E-state index in [1.54, 1.807) is 6.07 Å². The lowest BCUT2D eigenvalue weighted by Gasteiger charge is -2.28. The molecule has 1 fully saturated rings. The molecule has 0 N–H and O–H groups in total. The molecule has 0 atom stereocenters. The molecule has 1 heterocycles. The van der Waals surface area contributed by atoms with E-state index in [1.807, 2.05) is 35.2 Å². The number of hydrogen-bond acceptors (Lipinski definition) is 4. The molecule has 0 amide bonds. The highest BCUT2D eigenvalue weighted by atomic mass is 19.4. The fourth-order valence-electron chi connectivity index (χ4n) is 4.02. The molecule has 0 aromatic heterocycles. The smallest absolute Gasteiger partial charge is 0.416 e. The number of morpholine rings is 1. The van der Waals surface area contributed by atoms with Crippen molar-refractivity contribution in [3.63, 3.8) is 0 Å². The number of carbonyl (C=O) groups excluding carboxylic acids is 1. The summed E-state index contributed by atoms with van der Waals surface area (Å²) in [5.41, 5.74) is 0.160. The van der Waals surface area contributed by atoms with Gasteiger partial charge in [0.05, 0.1) is 24.3 Å². The number of benzene rings is 3. The molecule has 3 aromatic rings. The number of carbonyl (C=O) groups is 1. The Hall–Kier alpha value is -3.23. The van der Waals surface area contributed by atoms with Crippen LogP contribution >= 0.6 is 0 Å². The molecule has 4 rings (SSSR count). The van der Waals surface area contributed by atoms with E-state index in [0.29, 0.717) is 31.9 Å². The van der Waals surface area contributed by atoms with Crippen LogP contribution < -0.4 is 4.74 Å². The number of ketones is 1. The Balaban J connectivity index is 1.71. The van der Waals surface area contributed by atoms with Crippen molar-refractivity contribution in [3.05, 3.63) is 100 Å². The Morgan fingerprint density at radius 3 is 2.34 bits per heavy atom. The van der Waals surface area contributed by atoms with Gasteiger partial charge in [0.25, 0.3) is 0 Å². The maximum Gasteiger partial charge on any atom is 0.416 e. The lowest BCUT2D eigenvalue weighted by atomic mass is 9.96. The Bertz CT molecular complexity index is 1160. The maximum atomic E-state index is 14.1. The number of ether oxygens (including phenoxy) is 2. The van der Waals surface area contributed by atoms with Crippen molar-refractivity contribution in [2.45, 2.75) is 25.7 Å². The van der Waals surface area contributed by atoms with Crippen LogP contribution in [0.3, 0.4) is 0 Å². The Labute approximate surface area is 201 Å². The summed E-state index contributed by atoms with van der Waals surface area (Å²) in [6.45, 7) is 2.06. The highest BCUT2D eigenvalue weighted by Crippen LogP contribution is 2.37. The van der Waals surface area contributed by atoms with Crippen molar-refractivity contribution in [2.75, 3.05) is 26.3 Å². The third-order valence-electron chi connectivity index (χ3n) is 5.80. The third-order valence-corrected chi connectivity index (χ3v) is 5.80. The first-order chi connectivity index (χ1) is 16.8. The molecule has 0 saturated carbocycles. The van der Waals surface area contributed by atoms with E-state index >= 15 is 0 Å². The van der Waals surface area contributed by atoms with E-state index in [4.69, 9.17) is 9.47 Å². The van der Waals surface area contributed by atoms with Crippen LogP contribution in [0.25, 0.3) is 0 Å². The molecule has 4 nitrogen and oxygen atoms in total. The highest BCUT2D eigenvalue weighted by molar-refractivity contribution is 6.00. The fraction of sp³-hybridized carbons (Fsp3) is 0.296. The molecule has 3 aromatic carbocycles. The number of alkyl halides is 3. The standard InChI is InChI=1S/C27H25F4NO3/c28-22-8-4-7-20(13-22)14-25(33)23-16-24(27(29,30)31)21(17-32-9-11-34-12-10-32)15-26(23)35-18-19-5-2-1-3-6-19/h1-8,13,15-16H,9-12,14,17-18H2. The Kier molecular flexibility index (Phi) is 7.83. The van der Waals surface area contributed by atoms with Crippen molar-refractivity contribution in [1.82, 2.24) is 4.90 Å². The predicted molar refractivity (Wildman–Crippen MR) is 123 cm³/mol. The molecular formula is C27H25F4NO3. The van der Waals surface area contributed by atoms with Gasteiger partial charge in [-0.15, -0.1) is 0 Å². The average Bonchev–Trinajstić information content (AvgIpc) is 2.83. The zero-order chi connectivity index (χ0) is 24.8. The van der Waals surface area contributed by atoms with Crippen LogP contribution in [0.15, 0.2) is 66.7 Å². The summed E-state index contributed by atoms with van der Waals surface area (Å²) in [6.07, 6.45) is -4.91. The van der Waals surface area contributed by atoms with Crippen LogP contribution in [0.4, 0.5) is 17.6 Å². The number of hydrogen-bond donors (Lipinski definition) is 0. The molecule has 1 saturated heterocycles. The van der Waals surface area contributed by atoms with E-state index in [2.05, 4.69) is 0 Å². The van der Waals surface area contributed by atoms with Gasteiger partial charge < -0.3 is 9.47 Å². The number of halogens is 4. The van der Waals surface area contributed by atoms with E-state index in [0.717, 1.165) is 11.6 Å². The van der Waals surface area contributed by atoms with Gasteiger partial charge in [0.2, 0.25) is 0 Å². The second-order valence-corrected chi connectivity index (χ2v) is 8.40. The summed E-state index contributed by atoms with van der Waals surface area (Å²) in [4.78, 5) is 15.0. The van der Waals surface area contributed by atoms with Gasteiger partial charge in [-0.1, -0.05) is 42.5 Å². The zero-order valence-corrected chi connectivity index (χ0v) is 19.0. The first-order valence-electron chi connectivity index (χ1n) is 11.3. The topological polar surface area (TPSA) is 38.8 Å². The highest BCUT2D eigenvalue weighted by Gasteiger charge is 2.36. The summed E-state index contributed by atoms with van der Waals surface area (Å²) in [5, 5.41) is 0. The van der Waals surface area contributed by atoms with E-state index in [9.17, 15) is 22.4 Å². The van der Waals surface area contributed by atoms with Gasteiger partial charge in [-0.25, -0.2) is 4.39 Å². The molecule has 1 aliphatic rings. The lowest BCUT2D eigenvalue weighted by molar-refractivity contribution is -0.138. The van der Waals surface area contributed by atoms with Gasteiger partial charge in [0, 0.05) is 26.1 Å². The van der Waals surface area contributed by atoms with Crippen molar-refractivity contribution in [1.29, 1.82) is 0 Å². The summed E-state index contributed by atoms with van der Waals surface area (Å²) in [6, 6.07) is 16.8. The molecule has 35 heavy (non-hydrogen) atoms. The molecule has 0 radical (unpaired) electrons. The summed E-state index contributed by atoms with van der Waals surface area (Å²) in [7, 11) is 0. The van der Waals surface area contributed by atoms with Crippen molar-refractivity contribution in [2.24, 2.45) is 0 Å². The largest absolute Gasteiger partial charge is 0.488 e. The second-order valence-electron chi connectivity index (χ2n) is 8.40. The van der Waals surface area contributed by atoms with Crippen LogP contribution in [0, 0.1) is 5.82 Å². The van der Waals surface area contributed by atoms with Crippen molar-refractivity contribution >= 4 is 5.78 Å². The normalized spacial score (nSPS) is 14.6. The van der Waals surface area contributed by atoms with Gasteiger partial charge in [-0.05, 0) is 41.0 Å². The molecule has 184 valence electrons. The SMILES string of the molecule is O=C(Cc1cccc(F)c1)c1cc(C(F)(F)F)c(CN2CCOCC2)cc1OCc1ccccc1. The quantitative estimate of drug-likeness (QED) is 0.303. The zero-order valence-electron chi connectivity index (χ0n) is 19.0. The molecule has 0 spiro atoms. The van der Waals surface area contributed by atoms with E-state index < -0.39 is 23.3 Å². The van der Waals surface area contributed by atoms with Crippen LogP contribution in [-0.4, -0.2) is 37.0 Å². The van der Waals surface area contributed by atoms with Crippen molar-refractivity contribution in [3.8, 4) is 5.75 Å². The molecule has 1 aliphatic heterocycles.